The van der Waals surface area contributed by atoms with Crippen molar-refractivity contribution in [3.8, 4) is 5.69 Å². The zero-order valence-electron chi connectivity index (χ0n) is 19.7. The lowest BCUT2D eigenvalue weighted by atomic mass is 9.34. The van der Waals surface area contributed by atoms with Gasteiger partial charge in [0, 0.05) is 11.9 Å². The molecule has 0 aliphatic rings. The first kappa shape index (κ1) is 21.2. The topological polar surface area (TPSA) is 17.8 Å². The molecule has 0 bridgehead atoms. The fourth-order valence-corrected chi connectivity index (χ4v) is 5.22. The summed E-state index contributed by atoms with van der Waals surface area (Å²) in [6.45, 7) is 15.7. The second kappa shape index (κ2) is 8.22. The SMILES string of the molecule is Cc1cc(C)c(B(c2ccc(-n3nccc3C)cc2)c2c(C)cc(C)cc2C)c(C)c1. The van der Waals surface area contributed by atoms with Crippen LogP contribution in [0.1, 0.15) is 39.1 Å². The minimum absolute atomic E-state index is 0.203. The second-order valence-electron chi connectivity index (χ2n) is 9.03. The van der Waals surface area contributed by atoms with Crippen LogP contribution >= 0.6 is 0 Å². The maximum absolute atomic E-state index is 4.47. The van der Waals surface area contributed by atoms with Gasteiger partial charge in [0.15, 0.2) is 0 Å². The van der Waals surface area contributed by atoms with E-state index < -0.39 is 0 Å². The van der Waals surface area contributed by atoms with Gasteiger partial charge in [-0.15, -0.1) is 0 Å². The third-order valence-electron chi connectivity index (χ3n) is 6.36. The van der Waals surface area contributed by atoms with Crippen LogP contribution in [0.5, 0.6) is 0 Å². The average Bonchev–Trinajstić information content (AvgIpc) is 3.11. The molecule has 3 heteroatoms. The summed E-state index contributed by atoms with van der Waals surface area (Å²) >= 11 is 0. The Labute approximate surface area is 187 Å². The van der Waals surface area contributed by atoms with Gasteiger partial charge in [0.1, 0.15) is 0 Å². The van der Waals surface area contributed by atoms with Crippen LogP contribution in [0.3, 0.4) is 0 Å². The number of benzene rings is 3. The van der Waals surface area contributed by atoms with Crippen molar-refractivity contribution in [2.24, 2.45) is 0 Å². The van der Waals surface area contributed by atoms with Crippen LogP contribution in [0.2, 0.25) is 0 Å². The molecule has 1 heterocycles. The molecule has 0 unspecified atom stereocenters. The van der Waals surface area contributed by atoms with E-state index in [4.69, 9.17) is 0 Å². The molecule has 0 radical (unpaired) electrons. The van der Waals surface area contributed by atoms with E-state index in [2.05, 4.69) is 102 Å². The molecular weight excluding hydrogens is 375 g/mol. The quantitative estimate of drug-likeness (QED) is 0.455. The van der Waals surface area contributed by atoms with E-state index in [9.17, 15) is 0 Å². The summed E-state index contributed by atoms with van der Waals surface area (Å²) in [7, 11) is 0. The molecule has 0 aliphatic heterocycles. The first-order valence-corrected chi connectivity index (χ1v) is 11.0. The van der Waals surface area contributed by atoms with Crippen LogP contribution in [-0.2, 0) is 0 Å². The van der Waals surface area contributed by atoms with Crippen molar-refractivity contribution in [2.45, 2.75) is 48.5 Å². The molecule has 2 nitrogen and oxygen atoms in total. The van der Waals surface area contributed by atoms with Gasteiger partial charge in [-0.2, -0.15) is 5.10 Å². The van der Waals surface area contributed by atoms with E-state index in [1.807, 2.05) is 16.9 Å². The van der Waals surface area contributed by atoms with E-state index >= 15 is 0 Å². The van der Waals surface area contributed by atoms with Crippen molar-refractivity contribution in [2.75, 3.05) is 0 Å². The van der Waals surface area contributed by atoms with Gasteiger partial charge >= 0.3 is 0 Å². The molecule has 0 amide bonds. The summed E-state index contributed by atoms with van der Waals surface area (Å²) in [5.41, 5.74) is 14.5. The van der Waals surface area contributed by atoms with Crippen LogP contribution in [0.15, 0.2) is 60.8 Å². The molecule has 3 aromatic carbocycles. The van der Waals surface area contributed by atoms with Gasteiger partial charge in [-0.1, -0.05) is 86.2 Å². The zero-order chi connectivity index (χ0) is 22.3. The van der Waals surface area contributed by atoms with Crippen LogP contribution in [0.4, 0.5) is 0 Å². The van der Waals surface area contributed by atoms with Gasteiger partial charge in [-0.05, 0) is 66.7 Å². The van der Waals surface area contributed by atoms with Crippen LogP contribution in [0, 0.1) is 48.5 Å². The minimum Gasteiger partial charge on any atom is -0.238 e. The summed E-state index contributed by atoms with van der Waals surface area (Å²) in [6.07, 6.45) is 1.85. The summed E-state index contributed by atoms with van der Waals surface area (Å²) in [5.74, 6) is 0. The molecular formula is C28H31BN2. The van der Waals surface area contributed by atoms with Crippen molar-refractivity contribution in [3.05, 3.63) is 99.9 Å². The van der Waals surface area contributed by atoms with Gasteiger partial charge in [-0.3, -0.25) is 0 Å². The fraction of sp³-hybridized carbons (Fsp3) is 0.250. The number of aromatic nitrogens is 2. The lowest BCUT2D eigenvalue weighted by Crippen LogP contribution is -2.55. The highest BCUT2D eigenvalue weighted by atomic mass is 15.3. The Kier molecular flexibility index (Phi) is 5.62. The van der Waals surface area contributed by atoms with Crippen LogP contribution < -0.4 is 16.4 Å². The molecule has 0 atom stereocenters. The molecule has 0 N–H and O–H groups in total. The lowest BCUT2D eigenvalue weighted by molar-refractivity contribution is 0.847. The third-order valence-corrected chi connectivity index (χ3v) is 6.36. The Balaban J connectivity index is 1.93. The van der Waals surface area contributed by atoms with Crippen molar-refractivity contribution in [1.82, 2.24) is 9.78 Å². The van der Waals surface area contributed by atoms with Crippen LogP contribution in [-0.4, -0.2) is 16.5 Å². The smallest absolute Gasteiger partial charge is 0.238 e. The van der Waals surface area contributed by atoms with Crippen LogP contribution in [0.25, 0.3) is 5.69 Å². The number of hydrogen-bond donors (Lipinski definition) is 0. The predicted octanol–water partition coefficient (Wildman–Crippen LogP) is 4.55. The van der Waals surface area contributed by atoms with Gasteiger partial charge in [0.2, 0.25) is 6.71 Å². The second-order valence-corrected chi connectivity index (χ2v) is 9.03. The molecule has 0 spiro atoms. The van der Waals surface area contributed by atoms with E-state index in [-0.39, 0.29) is 6.71 Å². The molecule has 0 saturated carbocycles. The largest absolute Gasteiger partial charge is 0.242 e. The molecule has 4 rings (SSSR count). The molecule has 31 heavy (non-hydrogen) atoms. The highest BCUT2D eigenvalue weighted by Crippen LogP contribution is 2.14. The van der Waals surface area contributed by atoms with Gasteiger partial charge < -0.3 is 0 Å². The monoisotopic (exact) mass is 406 g/mol. The molecule has 0 aliphatic carbocycles. The van der Waals surface area contributed by atoms with E-state index in [1.165, 1.54) is 49.8 Å². The highest BCUT2D eigenvalue weighted by Gasteiger charge is 2.28. The van der Waals surface area contributed by atoms with Gasteiger partial charge in [0.05, 0.1) is 5.69 Å². The first-order chi connectivity index (χ1) is 14.8. The summed E-state index contributed by atoms with van der Waals surface area (Å²) < 4.78 is 1.99. The number of rotatable bonds is 4. The molecule has 0 saturated heterocycles. The number of aryl methyl sites for hydroxylation is 7. The molecule has 156 valence electrons. The number of nitrogens with zero attached hydrogens (tertiary/aromatic N) is 2. The Hall–Kier alpha value is -3.07. The third kappa shape index (κ3) is 3.97. The van der Waals surface area contributed by atoms with Crippen molar-refractivity contribution in [1.29, 1.82) is 0 Å². The molecule has 0 fully saturated rings. The van der Waals surface area contributed by atoms with Crippen molar-refractivity contribution < 1.29 is 0 Å². The molecule has 1 aromatic heterocycles. The van der Waals surface area contributed by atoms with E-state index in [1.54, 1.807) is 0 Å². The first-order valence-electron chi connectivity index (χ1n) is 11.0. The van der Waals surface area contributed by atoms with Gasteiger partial charge in [-0.25, -0.2) is 4.68 Å². The summed E-state index contributed by atoms with van der Waals surface area (Å²) in [6, 6.07) is 20.2. The Morgan fingerprint density at radius 1 is 0.613 bits per heavy atom. The molecule has 4 aromatic rings. The van der Waals surface area contributed by atoms with Gasteiger partial charge in [0.25, 0.3) is 0 Å². The predicted molar refractivity (Wildman–Crippen MR) is 134 cm³/mol. The van der Waals surface area contributed by atoms with Crippen molar-refractivity contribution in [3.63, 3.8) is 0 Å². The van der Waals surface area contributed by atoms with E-state index in [0.29, 0.717) is 0 Å². The Bertz CT molecular complexity index is 1140. The van der Waals surface area contributed by atoms with Crippen molar-refractivity contribution >= 4 is 23.1 Å². The maximum atomic E-state index is 4.47. The highest BCUT2D eigenvalue weighted by molar-refractivity contribution is 6.96. The Morgan fingerprint density at radius 3 is 1.45 bits per heavy atom. The Morgan fingerprint density at radius 2 is 1.06 bits per heavy atom. The summed E-state index contributed by atoms with van der Waals surface area (Å²) in [4.78, 5) is 0. The number of hydrogen-bond acceptors (Lipinski definition) is 1. The average molecular weight is 406 g/mol. The minimum atomic E-state index is 0.203. The zero-order valence-corrected chi connectivity index (χ0v) is 19.7. The normalized spacial score (nSPS) is 11.1. The summed E-state index contributed by atoms with van der Waals surface area (Å²) in [5, 5.41) is 4.47. The fourth-order valence-electron chi connectivity index (χ4n) is 5.22. The lowest BCUT2D eigenvalue weighted by Gasteiger charge is -2.24. The maximum Gasteiger partial charge on any atom is 0.242 e. The standard InChI is InChI=1S/C28H31BN2/c1-18-14-20(3)27(21(4)15-18)29(28-22(5)16-19(2)17-23(28)6)25-8-10-26(11-9-25)31-24(7)12-13-30-31/h8-17H,1-7H3. The van der Waals surface area contributed by atoms with E-state index in [0.717, 1.165) is 11.4 Å².